The second kappa shape index (κ2) is 6.24. The zero-order chi connectivity index (χ0) is 14.5. The highest BCUT2D eigenvalue weighted by atomic mass is 16.5. The number of hydrogen-bond donors (Lipinski definition) is 1. The van der Waals surface area contributed by atoms with Crippen molar-refractivity contribution in [2.75, 3.05) is 5.73 Å². The van der Waals surface area contributed by atoms with Crippen LogP contribution >= 0.6 is 0 Å². The van der Waals surface area contributed by atoms with Crippen molar-refractivity contribution in [3.8, 4) is 0 Å². The molecule has 0 heterocycles. The summed E-state index contributed by atoms with van der Waals surface area (Å²) in [7, 11) is 0. The maximum absolute atomic E-state index is 12.2. The summed E-state index contributed by atoms with van der Waals surface area (Å²) in [5, 5.41) is 0. The highest BCUT2D eigenvalue weighted by Crippen LogP contribution is 2.23. The smallest absolute Gasteiger partial charge is 0.313 e. The van der Waals surface area contributed by atoms with Gasteiger partial charge in [-0.1, -0.05) is 42.5 Å². The number of ether oxygens (including phenoxy) is 1. The number of nitrogen functional groups attached to an aromatic ring is 1. The van der Waals surface area contributed by atoms with E-state index in [4.69, 9.17) is 10.5 Å². The number of carbonyl (C=O) groups excluding carboxylic acids is 1. The Morgan fingerprint density at radius 2 is 1.65 bits per heavy atom. The summed E-state index contributed by atoms with van der Waals surface area (Å²) in [4.78, 5) is 12.2. The van der Waals surface area contributed by atoms with E-state index in [-0.39, 0.29) is 18.0 Å². The molecule has 0 aliphatic rings. The third-order valence-electron chi connectivity index (χ3n) is 3.33. The molecule has 0 bridgehead atoms. The predicted molar refractivity (Wildman–Crippen MR) is 80.2 cm³/mol. The van der Waals surface area contributed by atoms with E-state index in [1.54, 1.807) is 12.1 Å². The van der Waals surface area contributed by atoms with Gasteiger partial charge in [-0.15, -0.1) is 0 Å². The van der Waals surface area contributed by atoms with Gasteiger partial charge in [0.15, 0.2) is 0 Å². The Balaban J connectivity index is 2.05. The molecule has 2 unspecified atom stereocenters. The Bertz CT molecular complexity index is 581. The molecule has 0 aliphatic carbocycles. The number of benzene rings is 2. The molecular formula is C17H19NO2. The molecule has 0 saturated carbocycles. The van der Waals surface area contributed by atoms with Crippen molar-refractivity contribution >= 4 is 11.7 Å². The van der Waals surface area contributed by atoms with E-state index in [9.17, 15) is 4.79 Å². The van der Waals surface area contributed by atoms with E-state index < -0.39 is 0 Å². The molecule has 2 N–H and O–H groups in total. The van der Waals surface area contributed by atoms with Crippen molar-refractivity contribution in [2.45, 2.75) is 25.9 Å². The lowest BCUT2D eigenvalue weighted by molar-refractivity contribution is -0.150. The lowest BCUT2D eigenvalue weighted by atomic mass is 10.0. The van der Waals surface area contributed by atoms with Gasteiger partial charge in [-0.2, -0.15) is 0 Å². The lowest BCUT2D eigenvalue weighted by Crippen LogP contribution is -2.15. The fourth-order valence-electron chi connectivity index (χ4n) is 2.03. The minimum atomic E-state index is -0.329. The summed E-state index contributed by atoms with van der Waals surface area (Å²) < 4.78 is 5.51. The van der Waals surface area contributed by atoms with Crippen LogP contribution in [0, 0.1) is 0 Å². The molecule has 0 amide bonds. The number of anilines is 1. The van der Waals surface area contributed by atoms with Gasteiger partial charge in [0.05, 0.1) is 5.92 Å². The molecule has 2 rings (SSSR count). The molecule has 3 heteroatoms. The molecule has 2 atom stereocenters. The van der Waals surface area contributed by atoms with E-state index >= 15 is 0 Å². The van der Waals surface area contributed by atoms with Crippen molar-refractivity contribution in [1.29, 1.82) is 0 Å². The Morgan fingerprint density at radius 3 is 2.30 bits per heavy atom. The highest BCUT2D eigenvalue weighted by Gasteiger charge is 2.20. The SMILES string of the molecule is CC(OC(=O)C(C)c1cccc(N)c1)c1ccccc1. The standard InChI is InChI=1S/C17H19NO2/c1-12(15-9-6-10-16(18)11-15)17(19)20-13(2)14-7-4-3-5-8-14/h3-13H,18H2,1-2H3. The Morgan fingerprint density at radius 1 is 1.00 bits per heavy atom. The fraction of sp³-hybridized carbons (Fsp3) is 0.235. The molecule has 0 saturated heterocycles. The summed E-state index contributed by atoms with van der Waals surface area (Å²) in [6.45, 7) is 3.70. The quantitative estimate of drug-likeness (QED) is 0.680. The van der Waals surface area contributed by atoms with Crippen LogP contribution in [0.3, 0.4) is 0 Å². The van der Waals surface area contributed by atoms with Crippen LogP contribution in [-0.2, 0) is 9.53 Å². The zero-order valence-electron chi connectivity index (χ0n) is 11.7. The molecule has 0 fully saturated rings. The summed E-state index contributed by atoms with van der Waals surface area (Å²) in [6, 6.07) is 17.0. The van der Waals surface area contributed by atoms with Crippen LogP contribution in [-0.4, -0.2) is 5.97 Å². The van der Waals surface area contributed by atoms with E-state index in [2.05, 4.69) is 0 Å². The number of nitrogens with two attached hydrogens (primary N) is 1. The van der Waals surface area contributed by atoms with Gasteiger partial charge in [-0.25, -0.2) is 0 Å². The van der Waals surface area contributed by atoms with Gasteiger partial charge in [0.2, 0.25) is 0 Å². The summed E-state index contributed by atoms with van der Waals surface area (Å²) in [5.41, 5.74) is 8.25. The monoisotopic (exact) mass is 269 g/mol. The third-order valence-corrected chi connectivity index (χ3v) is 3.33. The van der Waals surface area contributed by atoms with E-state index in [1.807, 2.05) is 56.3 Å². The largest absolute Gasteiger partial charge is 0.457 e. The lowest BCUT2D eigenvalue weighted by Gasteiger charge is -2.17. The van der Waals surface area contributed by atoms with Crippen molar-refractivity contribution in [2.24, 2.45) is 0 Å². The van der Waals surface area contributed by atoms with Gasteiger partial charge >= 0.3 is 5.97 Å². The fourth-order valence-corrected chi connectivity index (χ4v) is 2.03. The Labute approximate surface area is 119 Å². The maximum atomic E-state index is 12.2. The number of carbonyl (C=O) groups is 1. The Hall–Kier alpha value is -2.29. The van der Waals surface area contributed by atoms with Crippen molar-refractivity contribution < 1.29 is 9.53 Å². The molecule has 20 heavy (non-hydrogen) atoms. The molecule has 0 radical (unpaired) electrons. The first kappa shape index (κ1) is 14.1. The maximum Gasteiger partial charge on any atom is 0.313 e. The first-order valence-electron chi connectivity index (χ1n) is 6.69. The number of rotatable bonds is 4. The average Bonchev–Trinajstić information content (AvgIpc) is 2.47. The summed E-state index contributed by atoms with van der Waals surface area (Å²) in [6.07, 6.45) is -0.257. The molecule has 104 valence electrons. The van der Waals surface area contributed by atoms with Crippen molar-refractivity contribution in [3.05, 3.63) is 65.7 Å². The number of hydrogen-bond acceptors (Lipinski definition) is 3. The van der Waals surface area contributed by atoms with Crippen LogP contribution in [0.25, 0.3) is 0 Å². The van der Waals surface area contributed by atoms with Gasteiger partial charge in [0, 0.05) is 5.69 Å². The summed E-state index contributed by atoms with van der Waals surface area (Å²) >= 11 is 0. The molecule has 3 nitrogen and oxygen atoms in total. The van der Waals surface area contributed by atoms with E-state index in [0.29, 0.717) is 5.69 Å². The van der Waals surface area contributed by atoms with Gasteiger partial charge in [-0.05, 0) is 37.1 Å². The van der Waals surface area contributed by atoms with Gasteiger partial charge in [0.1, 0.15) is 6.10 Å². The normalized spacial score (nSPS) is 13.5. The topological polar surface area (TPSA) is 52.3 Å². The highest BCUT2D eigenvalue weighted by molar-refractivity contribution is 5.78. The molecule has 0 aromatic heterocycles. The van der Waals surface area contributed by atoms with E-state index in [0.717, 1.165) is 11.1 Å². The molecule has 2 aromatic rings. The second-order valence-corrected chi connectivity index (χ2v) is 4.88. The third kappa shape index (κ3) is 3.38. The first-order chi connectivity index (χ1) is 9.58. The zero-order valence-corrected chi connectivity index (χ0v) is 11.7. The minimum absolute atomic E-state index is 0.244. The van der Waals surface area contributed by atoms with Crippen LogP contribution in [0.1, 0.15) is 37.0 Å². The molecular weight excluding hydrogens is 250 g/mol. The Kier molecular flexibility index (Phi) is 4.41. The predicted octanol–water partition coefficient (Wildman–Crippen LogP) is 3.68. The summed E-state index contributed by atoms with van der Waals surface area (Å²) in [5.74, 6) is -0.573. The average molecular weight is 269 g/mol. The van der Waals surface area contributed by atoms with E-state index in [1.165, 1.54) is 0 Å². The van der Waals surface area contributed by atoms with Crippen molar-refractivity contribution in [3.63, 3.8) is 0 Å². The van der Waals surface area contributed by atoms with Gasteiger partial charge in [-0.3, -0.25) is 4.79 Å². The second-order valence-electron chi connectivity index (χ2n) is 4.88. The first-order valence-corrected chi connectivity index (χ1v) is 6.69. The van der Waals surface area contributed by atoms with Crippen LogP contribution in [0.4, 0.5) is 5.69 Å². The molecule has 0 spiro atoms. The van der Waals surface area contributed by atoms with Crippen LogP contribution in [0.5, 0.6) is 0 Å². The van der Waals surface area contributed by atoms with Crippen LogP contribution < -0.4 is 5.73 Å². The number of esters is 1. The van der Waals surface area contributed by atoms with Gasteiger partial charge < -0.3 is 10.5 Å². The molecule has 0 aliphatic heterocycles. The van der Waals surface area contributed by atoms with Crippen LogP contribution in [0.2, 0.25) is 0 Å². The van der Waals surface area contributed by atoms with Crippen LogP contribution in [0.15, 0.2) is 54.6 Å². The molecule has 2 aromatic carbocycles. The minimum Gasteiger partial charge on any atom is -0.457 e. The van der Waals surface area contributed by atoms with Crippen molar-refractivity contribution in [1.82, 2.24) is 0 Å². The van der Waals surface area contributed by atoms with Gasteiger partial charge in [0.25, 0.3) is 0 Å².